The van der Waals surface area contributed by atoms with E-state index in [0.717, 1.165) is 32.3 Å². The van der Waals surface area contributed by atoms with Gasteiger partial charge in [-0.05, 0) is 40.5 Å². The van der Waals surface area contributed by atoms with E-state index in [1.54, 1.807) is 0 Å². The number of nitrogens with zero attached hydrogens (tertiary/aromatic N) is 2. The van der Waals surface area contributed by atoms with Gasteiger partial charge < -0.3 is 14.6 Å². The van der Waals surface area contributed by atoms with Crippen LogP contribution in [0.15, 0.2) is 0 Å². The molecule has 0 bridgehead atoms. The average molecular weight is 228 g/mol. The molecule has 0 aromatic heterocycles. The van der Waals surface area contributed by atoms with Crippen molar-refractivity contribution in [3.8, 4) is 0 Å². The summed E-state index contributed by atoms with van der Waals surface area (Å²) in [4.78, 5) is 15.7. The first-order chi connectivity index (χ1) is 7.38. The highest BCUT2D eigenvalue weighted by Gasteiger charge is 2.28. The van der Waals surface area contributed by atoms with Crippen LogP contribution in [0.1, 0.15) is 34.1 Å². The molecular weight excluding hydrogens is 200 g/mol. The van der Waals surface area contributed by atoms with Crippen molar-refractivity contribution in [2.75, 3.05) is 33.7 Å². The second-order valence-electron chi connectivity index (χ2n) is 5.28. The van der Waals surface area contributed by atoms with Gasteiger partial charge in [0.05, 0.1) is 0 Å². The molecule has 0 saturated heterocycles. The lowest BCUT2D eigenvalue weighted by Crippen LogP contribution is -2.41. The predicted octanol–water partition coefficient (Wildman–Crippen LogP) is 1.87. The molecule has 0 radical (unpaired) electrons. The van der Waals surface area contributed by atoms with Crippen LogP contribution in [0, 0.1) is 5.41 Å². The van der Waals surface area contributed by atoms with Crippen LogP contribution in [0.5, 0.6) is 0 Å². The highest BCUT2D eigenvalue weighted by atomic mass is 16.1. The Labute approximate surface area is 101 Å². The molecule has 0 N–H and O–H groups in total. The van der Waals surface area contributed by atoms with Crippen molar-refractivity contribution < 1.29 is 4.79 Å². The van der Waals surface area contributed by atoms with Gasteiger partial charge in [0.15, 0.2) is 0 Å². The lowest BCUT2D eigenvalue weighted by molar-refractivity contribution is -0.117. The second-order valence-corrected chi connectivity index (χ2v) is 5.28. The minimum atomic E-state index is -0.231. The van der Waals surface area contributed by atoms with Crippen LogP contribution in [-0.4, -0.2) is 55.9 Å². The molecule has 16 heavy (non-hydrogen) atoms. The Bertz CT molecular complexity index is 202. The van der Waals surface area contributed by atoms with E-state index in [0.29, 0.717) is 6.04 Å². The van der Waals surface area contributed by atoms with Crippen LogP contribution in [0.4, 0.5) is 0 Å². The van der Waals surface area contributed by atoms with Crippen LogP contribution in [0.2, 0.25) is 0 Å². The van der Waals surface area contributed by atoms with Crippen LogP contribution in [0.25, 0.3) is 0 Å². The van der Waals surface area contributed by atoms with Crippen LogP contribution in [0.3, 0.4) is 0 Å². The third-order valence-electron chi connectivity index (χ3n) is 3.16. The zero-order valence-corrected chi connectivity index (χ0v) is 11.8. The van der Waals surface area contributed by atoms with E-state index in [4.69, 9.17) is 0 Å². The molecule has 96 valence electrons. The smallest absolute Gasteiger partial charge is 0.127 e. The molecule has 0 saturated carbocycles. The quantitative estimate of drug-likeness (QED) is 0.593. The Morgan fingerprint density at radius 1 is 1.25 bits per heavy atom. The number of hydrogen-bond acceptors (Lipinski definition) is 3. The van der Waals surface area contributed by atoms with Gasteiger partial charge in [-0.3, -0.25) is 0 Å². The van der Waals surface area contributed by atoms with Crippen LogP contribution >= 0.6 is 0 Å². The summed E-state index contributed by atoms with van der Waals surface area (Å²) in [5, 5.41) is 0. The van der Waals surface area contributed by atoms with E-state index in [1.807, 2.05) is 14.1 Å². The van der Waals surface area contributed by atoms with Gasteiger partial charge in [-0.15, -0.1) is 0 Å². The van der Waals surface area contributed by atoms with Gasteiger partial charge in [-0.2, -0.15) is 0 Å². The summed E-state index contributed by atoms with van der Waals surface area (Å²) in [6, 6.07) is 0.463. The van der Waals surface area contributed by atoms with Crippen molar-refractivity contribution in [1.82, 2.24) is 9.80 Å². The largest absolute Gasteiger partial charge is 0.308 e. The summed E-state index contributed by atoms with van der Waals surface area (Å²) in [6.07, 6.45) is 2.04. The van der Waals surface area contributed by atoms with Crippen molar-refractivity contribution >= 4 is 6.29 Å². The predicted molar refractivity (Wildman–Crippen MR) is 69.7 cm³/mol. The van der Waals surface area contributed by atoms with E-state index in [-0.39, 0.29) is 5.41 Å². The van der Waals surface area contributed by atoms with E-state index in [9.17, 15) is 4.79 Å². The van der Waals surface area contributed by atoms with E-state index >= 15 is 0 Å². The molecule has 3 heteroatoms. The van der Waals surface area contributed by atoms with Gasteiger partial charge in [0.25, 0.3) is 0 Å². The maximum atomic E-state index is 11.3. The molecule has 0 rings (SSSR count). The molecular formula is C13H28N2O. The summed E-state index contributed by atoms with van der Waals surface area (Å²) >= 11 is 0. The van der Waals surface area contributed by atoms with E-state index in [1.165, 1.54) is 0 Å². The van der Waals surface area contributed by atoms with Crippen molar-refractivity contribution in [1.29, 1.82) is 0 Å². The minimum Gasteiger partial charge on any atom is -0.308 e. The Balaban J connectivity index is 4.45. The van der Waals surface area contributed by atoms with Gasteiger partial charge in [0.2, 0.25) is 0 Å². The molecule has 2 unspecified atom stereocenters. The fourth-order valence-corrected chi connectivity index (χ4v) is 2.52. The highest BCUT2D eigenvalue weighted by molar-refractivity contribution is 5.59. The van der Waals surface area contributed by atoms with Gasteiger partial charge >= 0.3 is 0 Å². The molecule has 0 aromatic rings. The number of carbonyl (C=O) groups is 1. The Kier molecular flexibility index (Phi) is 6.84. The Morgan fingerprint density at radius 3 is 2.06 bits per heavy atom. The molecule has 2 atom stereocenters. The topological polar surface area (TPSA) is 23.6 Å². The molecule has 0 heterocycles. The summed E-state index contributed by atoms with van der Waals surface area (Å²) < 4.78 is 0. The van der Waals surface area contributed by atoms with Crippen LogP contribution in [-0.2, 0) is 4.79 Å². The molecule has 0 aromatic carbocycles. The summed E-state index contributed by atoms with van der Waals surface area (Å²) in [5.74, 6) is 0. The molecule has 0 aliphatic rings. The summed E-state index contributed by atoms with van der Waals surface area (Å²) in [6.45, 7) is 11.5. The minimum absolute atomic E-state index is 0.231. The van der Waals surface area contributed by atoms with Crippen molar-refractivity contribution in [3.05, 3.63) is 0 Å². The second kappa shape index (κ2) is 7.02. The molecule has 0 aliphatic carbocycles. The molecule has 0 spiro atoms. The monoisotopic (exact) mass is 228 g/mol. The summed E-state index contributed by atoms with van der Waals surface area (Å²) in [7, 11) is 4.04. The SMILES string of the molecule is CCN(CC)C(C)CC(C)(C=O)CN(C)C. The highest BCUT2D eigenvalue weighted by Crippen LogP contribution is 2.23. The standard InChI is InChI=1S/C13H28N2O/c1-7-15(8-2)12(3)9-13(4,11-16)10-14(5)6/h11-12H,7-10H2,1-6H3. The number of aldehydes is 1. The van der Waals surface area contributed by atoms with Crippen molar-refractivity contribution in [2.45, 2.75) is 40.2 Å². The third-order valence-corrected chi connectivity index (χ3v) is 3.16. The number of carbonyl (C=O) groups excluding carboxylic acids is 1. The van der Waals surface area contributed by atoms with Crippen molar-refractivity contribution in [3.63, 3.8) is 0 Å². The molecule has 3 nitrogen and oxygen atoms in total. The molecule has 0 amide bonds. The zero-order valence-electron chi connectivity index (χ0n) is 11.8. The average Bonchev–Trinajstić information content (AvgIpc) is 2.18. The third kappa shape index (κ3) is 5.08. The van der Waals surface area contributed by atoms with E-state index in [2.05, 4.69) is 37.5 Å². The Hall–Kier alpha value is -0.410. The van der Waals surface area contributed by atoms with Gasteiger partial charge in [0, 0.05) is 18.0 Å². The maximum absolute atomic E-state index is 11.3. The van der Waals surface area contributed by atoms with Gasteiger partial charge in [-0.25, -0.2) is 0 Å². The fraction of sp³-hybridized carbons (Fsp3) is 0.923. The fourth-order valence-electron chi connectivity index (χ4n) is 2.52. The normalized spacial score (nSPS) is 17.5. The summed E-state index contributed by atoms with van der Waals surface area (Å²) in [5.41, 5.74) is -0.231. The van der Waals surface area contributed by atoms with Gasteiger partial charge in [-0.1, -0.05) is 20.8 Å². The number of rotatable bonds is 8. The van der Waals surface area contributed by atoms with Crippen LogP contribution < -0.4 is 0 Å². The first kappa shape index (κ1) is 15.6. The first-order valence-corrected chi connectivity index (χ1v) is 6.23. The molecule has 0 aliphatic heterocycles. The molecule has 0 fully saturated rings. The lowest BCUT2D eigenvalue weighted by atomic mass is 9.84. The lowest BCUT2D eigenvalue weighted by Gasteiger charge is -2.34. The van der Waals surface area contributed by atoms with Gasteiger partial charge in [0.1, 0.15) is 6.29 Å². The first-order valence-electron chi connectivity index (χ1n) is 6.23. The van der Waals surface area contributed by atoms with E-state index < -0.39 is 0 Å². The maximum Gasteiger partial charge on any atom is 0.127 e. The number of hydrogen-bond donors (Lipinski definition) is 0. The van der Waals surface area contributed by atoms with Crippen molar-refractivity contribution in [2.24, 2.45) is 5.41 Å². The Morgan fingerprint density at radius 2 is 1.75 bits per heavy atom. The zero-order chi connectivity index (χ0) is 12.8.